The van der Waals surface area contributed by atoms with E-state index in [0.717, 1.165) is 19.4 Å². The lowest BCUT2D eigenvalue weighted by Gasteiger charge is -2.14. The van der Waals surface area contributed by atoms with Gasteiger partial charge in [0.1, 0.15) is 0 Å². The van der Waals surface area contributed by atoms with E-state index >= 15 is 0 Å². The fourth-order valence-electron chi connectivity index (χ4n) is 1.97. The highest BCUT2D eigenvalue weighted by molar-refractivity contribution is 5.86. The van der Waals surface area contributed by atoms with Gasteiger partial charge in [-0.15, -0.1) is 0 Å². The summed E-state index contributed by atoms with van der Waals surface area (Å²) in [5, 5.41) is 8.69. The number of carboxylic acid groups (broad SMARTS) is 1. The molecule has 16 heavy (non-hydrogen) atoms. The van der Waals surface area contributed by atoms with Crippen LogP contribution >= 0.6 is 0 Å². The maximum atomic E-state index is 11.6. The quantitative estimate of drug-likeness (QED) is 0.724. The Morgan fingerprint density at radius 1 is 1.62 bits per heavy atom. The minimum Gasteiger partial charge on any atom is -0.478 e. The van der Waals surface area contributed by atoms with Gasteiger partial charge in [0, 0.05) is 25.1 Å². The van der Waals surface area contributed by atoms with Crippen molar-refractivity contribution in [2.75, 3.05) is 13.1 Å². The Morgan fingerprint density at radius 2 is 2.31 bits per heavy atom. The minimum atomic E-state index is -0.920. The molecule has 1 aliphatic rings. The highest BCUT2D eigenvalue weighted by Crippen LogP contribution is 2.21. The zero-order valence-corrected chi connectivity index (χ0v) is 9.90. The number of carboxylic acids is 1. The maximum absolute atomic E-state index is 11.6. The van der Waals surface area contributed by atoms with Crippen molar-refractivity contribution in [1.82, 2.24) is 4.90 Å². The maximum Gasteiger partial charge on any atom is 0.331 e. The van der Waals surface area contributed by atoms with Crippen molar-refractivity contribution in [3.63, 3.8) is 0 Å². The Kier molecular flexibility index (Phi) is 4.52. The van der Waals surface area contributed by atoms with Gasteiger partial charge in [0.25, 0.3) is 0 Å². The Labute approximate surface area is 95.9 Å². The summed E-state index contributed by atoms with van der Waals surface area (Å²) >= 11 is 0. The monoisotopic (exact) mass is 225 g/mol. The van der Waals surface area contributed by atoms with E-state index in [9.17, 15) is 9.59 Å². The van der Waals surface area contributed by atoms with Gasteiger partial charge in [-0.05, 0) is 19.3 Å². The van der Waals surface area contributed by atoms with Gasteiger partial charge in [-0.2, -0.15) is 0 Å². The van der Waals surface area contributed by atoms with Crippen LogP contribution in [-0.2, 0) is 9.59 Å². The second kappa shape index (κ2) is 5.68. The molecule has 1 saturated heterocycles. The average Bonchev–Trinajstić information content (AvgIpc) is 2.56. The molecule has 90 valence electrons. The van der Waals surface area contributed by atoms with Gasteiger partial charge < -0.3 is 10.0 Å². The van der Waals surface area contributed by atoms with E-state index < -0.39 is 5.97 Å². The van der Waals surface area contributed by atoms with Crippen LogP contribution in [0, 0.1) is 5.92 Å². The number of hydrogen-bond donors (Lipinski definition) is 1. The Hall–Kier alpha value is -1.32. The van der Waals surface area contributed by atoms with E-state index in [4.69, 9.17) is 5.11 Å². The molecule has 1 aliphatic heterocycles. The first-order chi connectivity index (χ1) is 7.54. The van der Waals surface area contributed by atoms with E-state index in [2.05, 4.69) is 6.92 Å². The Balaban J connectivity index is 2.47. The van der Waals surface area contributed by atoms with Crippen LogP contribution in [0.5, 0.6) is 0 Å². The smallest absolute Gasteiger partial charge is 0.331 e. The second-order valence-corrected chi connectivity index (χ2v) is 4.35. The van der Waals surface area contributed by atoms with E-state index in [1.54, 1.807) is 17.9 Å². The fraction of sp³-hybridized carbons (Fsp3) is 0.667. The van der Waals surface area contributed by atoms with E-state index in [0.29, 0.717) is 24.5 Å². The van der Waals surface area contributed by atoms with Crippen molar-refractivity contribution < 1.29 is 14.7 Å². The summed E-state index contributed by atoms with van der Waals surface area (Å²) in [5.74, 6) is -0.319. The molecular weight excluding hydrogens is 206 g/mol. The molecule has 1 unspecified atom stereocenters. The lowest BCUT2D eigenvalue weighted by molar-refractivity contribution is -0.133. The summed E-state index contributed by atoms with van der Waals surface area (Å²) in [5.41, 5.74) is 0.298. The first kappa shape index (κ1) is 12.7. The Bertz CT molecular complexity index is 309. The molecule has 1 atom stereocenters. The average molecular weight is 225 g/mol. The summed E-state index contributed by atoms with van der Waals surface area (Å²) in [6.07, 6.45) is 4.39. The van der Waals surface area contributed by atoms with Gasteiger partial charge in [-0.25, -0.2) is 4.79 Å². The lowest BCUT2D eigenvalue weighted by Crippen LogP contribution is -2.25. The molecule has 0 aromatic heterocycles. The van der Waals surface area contributed by atoms with Gasteiger partial charge in [0.05, 0.1) is 0 Å². The molecule has 0 spiro atoms. The molecular formula is C12H19NO3. The number of carbonyl (C=O) groups is 2. The largest absolute Gasteiger partial charge is 0.478 e. The van der Waals surface area contributed by atoms with Gasteiger partial charge in [-0.3, -0.25) is 4.79 Å². The van der Waals surface area contributed by atoms with Gasteiger partial charge >= 0.3 is 5.97 Å². The first-order valence-corrected chi connectivity index (χ1v) is 5.72. The lowest BCUT2D eigenvalue weighted by atomic mass is 10.0. The minimum absolute atomic E-state index is 0.146. The van der Waals surface area contributed by atoms with E-state index in [1.807, 2.05) is 0 Å². The SMILES string of the molecule is CCCC1CC(=O)N(C/C=C(/C)C(=O)O)C1. The number of carbonyl (C=O) groups excluding carboxylic acids is 1. The van der Waals surface area contributed by atoms with Crippen LogP contribution in [0.3, 0.4) is 0 Å². The number of rotatable bonds is 5. The van der Waals surface area contributed by atoms with Crippen LogP contribution in [-0.4, -0.2) is 35.0 Å². The summed E-state index contributed by atoms with van der Waals surface area (Å²) in [7, 11) is 0. The van der Waals surface area contributed by atoms with Crippen LogP contribution in [0.4, 0.5) is 0 Å². The standard InChI is InChI=1S/C12H19NO3/c1-3-4-10-7-11(14)13(8-10)6-5-9(2)12(15)16/h5,10H,3-4,6-8H2,1-2H3,(H,15,16)/b9-5-. The molecule has 0 radical (unpaired) electrons. The van der Waals surface area contributed by atoms with E-state index in [-0.39, 0.29) is 5.91 Å². The summed E-state index contributed by atoms with van der Waals surface area (Å²) in [6.45, 7) is 4.86. The van der Waals surface area contributed by atoms with Crippen molar-refractivity contribution in [2.45, 2.75) is 33.1 Å². The molecule has 1 rings (SSSR count). The summed E-state index contributed by atoms with van der Waals surface area (Å²) < 4.78 is 0. The summed E-state index contributed by atoms with van der Waals surface area (Å²) in [6, 6.07) is 0. The molecule has 0 aliphatic carbocycles. The molecule has 1 N–H and O–H groups in total. The van der Waals surface area contributed by atoms with E-state index in [1.165, 1.54) is 0 Å². The topological polar surface area (TPSA) is 57.6 Å². The van der Waals surface area contributed by atoms with Crippen LogP contribution in [0.1, 0.15) is 33.1 Å². The molecule has 0 bridgehead atoms. The van der Waals surface area contributed by atoms with Gasteiger partial charge in [0.15, 0.2) is 0 Å². The third-order valence-corrected chi connectivity index (χ3v) is 2.95. The zero-order chi connectivity index (χ0) is 12.1. The van der Waals surface area contributed by atoms with Crippen molar-refractivity contribution in [3.8, 4) is 0 Å². The predicted octanol–water partition coefficient (Wildman–Crippen LogP) is 1.67. The normalized spacial score (nSPS) is 21.6. The highest BCUT2D eigenvalue weighted by Gasteiger charge is 2.27. The summed E-state index contributed by atoms with van der Waals surface area (Å²) in [4.78, 5) is 23.9. The number of likely N-dealkylation sites (tertiary alicyclic amines) is 1. The first-order valence-electron chi connectivity index (χ1n) is 5.72. The van der Waals surface area contributed by atoms with Gasteiger partial charge in [-0.1, -0.05) is 19.4 Å². The molecule has 1 heterocycles. The van der Waals surface area contributed by atoms with Crippen LogP contribution in [0.25, 0.3) is 0 Å². The number of aliphatic carboxylic acids is 1. The fourth-order valence-corrected chi connectivity index (χ4v) is 1.97. The molecule has 1 amide bonds. The zero-order valence-electron chi connectivity index (χ0n) is 9.90. The second-order valence-electron chi connectivity index (χ2n) is 4.35. The molecule has 4 nitrogen and oxygen atoms in total. The van der Waals surface area contributed by atoms with Crippen LogP contribution < -0.4 is 0 Å². The number of amides is 1. The third-order valence-electron chi connectivity index (χ3n) is 2.95. The molecule has 1 fully saturated rings. The molecule has 0 saturated carbocycles. The predicted molar refractivity (Wildman–Crippen MR) is 61.0 cm³/mol. The van der Waals surface area contributed by atoms with Crippen molar-refractivity contribution in [2.24, 2.45) is 5.92 Å². The van der Waals surface area contributed by atoms with Crippen LogP contribution in [0.2, 0.25) is 0 Å². The molecule has 0 aromatic rings. The third kappa shape index (κ3) is 3.36. The number of nitrogens with zero attached hydrogens (tertiary/aromatic N) is 1. The van der Waals surface area contributed by atoms with Crippen molar-refractivity contribution in [3.05, 3.63) is 11.6 Å². The van der Waals surface area contributed by atoms with Gasteiger partial charge in [0.2, 0.25) is 5.91 Å². The molecule has 0 aromatic carbocycles. The Morgan fingerprint density at radius 3 is 2.88 bits per heavy atom. The molecule has 4 heteroatoms. The van der Waals surface area contributed by atoms with Crippen LogP contribution in [0.15, 0.2) is 11.6 Å². The van der Waals surface area contributed by atoms with Crippen molar-refractivity contribution >= 4 is 11.9 Å². The number of hydrogen-bond acceptors (Lipinski definition) is 2. The van der Waals surface area contributed by atoms with Crippen molar-refractivity contribution in [1.29, 1.82) is 0 Å². The highest BCUT2D eigenvalue weighted by atomic mass is 16.4.